The van der Waals surface area contributed by atoms with Crippen LogP contribution in [0.15, 0.2) is 53.4 Å². The molecule has 0 saturated heterocycles. The van der Waals surface area contributed by atoms with E-state index >= 15 is 0 Å². The Morgan fingerprint density at radius 3 is 2.89 bits per heavy atom. The van der Waals surface area contributed by atoms with Gasteiger partial charge in [0.25, 0.3) is 0 Å². The van der Waals surface area contributed by atoms with Gasteiger partial charge in [-0.2, -0.15) is 0 Å². The molecule has 1 aliphatic heterocycles. The van der Waals surface area contributed by atoms with Gasteiger partial charge in [-0.3, -0.25) is 4.79 Å². The number of hydrogen-bond acceptors (Lipinski definition) is 3. The Hall–Kier alpha value is -2.53. The van der Waals surface area contributed by atoms with Crippen LogP contribution in [0.25, 0.3) is 16.5 Å². The largest absolute Gasteiger partial charge is 0.465 e. The molecule has 0 unspecified atom stereocenters. The number of thioether (sulfide) groups is 1. The number of halogens is 1. The smallest absolute Gasteiger partial charge is 0.325 e. The second-order valence-electron chi connectivity index (χ2n) is 6.44. The van der Waals surface area contributed by atoms with Crippen LogP contribution in [0.5, 0.6) is 0 Å². The van der Waals surface area contributed by atoms with Gasteiger partial charge in [-0.15, -0.1) is 11.8 Å². The lowest BCUT2D eigenvalue weighted by Gasteiger charge is -2.18. The summed E-state index contributed by atoms with van der Waals surface area (Å²) in [5.74, 6) is 0.295. The first-order chi connectivity index (χ1) is 13.1. The molecule has 1 aliphatic rings. The minimum absolute atomic E-state index is 0.117. The Morgan fingerprint density at radius 2 is 2.07 bits per heavy atom. The molecule has 2 aromatic carbocycles. The molecule has 3 aromatic rings. The van der Waals surface area contributed by atoms with Gasteiger partial charge >= 0.3 is 5.97 Å². The highest BCUT2D eigenvalue weighted by atomic mass is 32.2. The third-order valence-electron chi connectivity index (χ3n) is 4.85. The first-order valence-electron chi connectivity index (χ1n) is 8.97. The van der Waals surface area contributed by atoms with Crippen molar-refractivity contribution >= 4 is 34.2 Å². The van der Waals surface area contributed by atoms with Crippen molar-refractivity contribution in [1.82, 2.24) is 4.57 Å². The van der Waals surface area contributed by atoms with Gasteiger partial charge in [-0.1, -0.05) is 24.3 Å². The van der Waals surface area contributed by atoms with Gasteiger partial charge in [-0.05, 0) is 49.2 Å². The number of nitrogens with zero attached hydrogens (tertiary/aromatic N) is 1. The Kier molecular flexibility index (Phi) is 4.79. The molecule has 0 fully saturated rings. The lowest BCUT2D eigenvalue weighted by Crippen LogP contribution is -2.14. The number of hydrogen-bond donors (Lipinski definition) is 0. The number of rotatable bonds is 4. The van der Waals surface area contributed by atoms with Gasteiger partial charge in [0, 0.05) is 32.8 Å². The van der Waals surface area contributed by atoms with Gasteiger partial charge < -0.3 is 9.30 Å². The van der Waals surface area contributed by atoms with Gasteiger partial charge in [0.15, 0.2) is 0 Å². The van der Waals surface area contributed by atoms with Crippen molar-refractivity contribution in [1.29, 1.82) is 0 Å². The van der Waals surface area contributed by atoms with Gasteiger partial charge in [0.2, 0.25) is 0 Å². The highest BCUT2D eigenvalue weighted by Crippen LogP contribution is 2.41. The molecule has 0 bridgehead atoms. The van der Waals surface area contributed by atoms with E-state index in [2.05, 4.69) is 18.2 Å². The van der Waals surface area contributed by atoms with Crippen molar-refractivity contribution < 1.29 is 13.9 Å². The molecule has 0 atom stereocenters. The molecule has 0 aliphatic carbocycles. The molecule has 5 heteroatoms. The van der Waals surface area contributed by atoms with Crippen molar-refractivity contribution in [3.63, 3.8) is 0 Å². The van der Waals surface area contributed by atoms with E-state index in [0.29, 0.717) is 6.61 Å². The minimum Gasteiger partial charge on any atom is -0.465 e. The van der Waals surface area contributed by atoms with E-state index in [0.717, 1.165) is 39.0 Å². The molecule has 0 N–H and O–H groups in total. The van der Waals surface area contributed by atoms with Crippen LogP contribution in [0.4, 0.5) is 4.39 Å². The maximum absolute atomic E-state index is 14.1. The summed E-state index contributed by atoms with van der Waals surface area (Å²) in [6.07, 6.45) is 2.19. The normalized spacial score (nSPS) is 13.4. The molecule has 138 valence electrons. The molecular weight excluding hydrogens is 361 g/mol. The topological polar surface area (TPSA) is 31.2 Å². The molecule has 2 heterocycles. The van der Waals surface area contributed by atoms with Crippen LogP contribution in [0.1, 0.15) is 23.7 Å². The Labute approximate surface area is 161 Å². The number of fused-ring (bicyclic) bond motifs is 2. The molecule has 4 rings (SSSR count). The molecule has 0 saturated carbocycles. The number of carbonyl (C=O) groups excluding carboxylic acids is 1. The number of benzene rings is 2. The predicted molar refractivity (Wildman–Crippen MR) is 108 cm³/mol. The third-order valence-corrected chi connectivity index (χ3v) is 5.85. The Bertz CT molecular complexity index is 1070. The van der Waals surface area contributed by atoms with E-state index in [9.17, 15) is 9.18 Å². The predicted octanol–water partition coefficient (Wildman–Crippen LogP) is 5.19. The molecule has 27 heavy (non-hydrogen) atoms. The van der Waals surface area contributed by atoms with Crippen molar-refractivity contribution in [2.45, 2.75) is 25.3 Å². The van der Waals surface area contributed by atoms with Gasteiger partial charge in [0.1, 0.15) is 12.4 Å². The number of esters is 1. The first kappa shape index (κ1) is 17.9. The second-order valence-corrected chi connectivity index (χ2v) is 7.50. The molecular formula is C22H20FNO2S. The average Bonchev–Trinajstić information content (AvgIpc) is 2.92. The summed E-state index contributed by atoms with van der Waals surface area (Å²) >= 11 is 1.79. The minimum atomic E-state index is -0.290. The van der Waals surface area contributed by atoms with E-state index in [1.165, 1.54) is 11.0 Å². The monoisotopic (exact) mass is 381 g/mol. The first-order valence-corrected chi connectivity index (χ1v) is 9.95. The van der Waals surface area contributed by atoms with Crippen molar-refractivity contribution in [3.05, 3.63) is 71.2 Å². The highest BCUT2D eigenvalue weighted by Gasteiger charge is 2.23. The summed E-state index contributed by atoms with van der Waals surface area (Å²) in [4.78, 5) is 13.3. The number of ether oxygens (including phenoxy) is 1. The fourth-order valence-corrected chi connectivity index (χ4v) is 4.65. The van der Waals surface area contributed by atoms with Gasteiger partial charge in [-0.25, -0.2) is 4.39 Å². The molecule has 0 amide bonds. The molecule has 1 aromatic heterocycles. The Balaban J connectivity index is 1.93. The maximum atomic E-state index is 14.1. The quantitative estimate of drug-likeness (QED) is 0.583. The third kappa shape index (κ3) is 3.16. The van der Waals surface area contributed by atoms with E-state index in [4.69, 9.17) is 4.74 Å². The lowest BCUT2D eigenvalue weighted by atomic mass is 9.95. The van der Waals surface area contributed by atoms with Crippen LogP contribution in [-0.2, 0) is 16.1 Å². The van der Waals surface area contributed by atoms with E-state index in [1.807, 2.05) is 23.6 Å². The second kappa shape index (κ2) is 7.24. The lowest BCUT2D eigenvalue weighted by molar-refractivity contribution is -0.143. The number of aromatic nitrogens is 1. The summed E-state index contributed by atoms with van der Waals surface area (Å²) < 4.78 is 21.1. The van der Waals surface area contributed by atoms with Crippen LogP contribution in [0, 0.1) is 12.7 Å². The van der Waals surface area contributed by atoms with Crippen molar-refractivity contribution in [2.75, 3.05) is 12.4 Å². The fourth-order valence-electron chi connectivity index (χ4n) is 3.71. The summed E-state index contributed by atoms with van der Waals surface area (Å²) in [5, 5.41) is 0.824. The maximum Gasteiger partial charge on any atom is 0.325 e. The summed E-state index contributed by atoms with van der Waals surface area (Å²) in [5.41, 5.74) is 5.02. The zero-order valence-electron chi connectivity index (χ0n) is 15.3. The highest BCUT2D eigenvalue weighted by molar-refractivity contribution is 7.99. The van der Waals surface area contributed by atoms with Crippen LogP contribution < -0.4 is 0 Å². The zero-order chi connectivity index (χ0) is 19.0. The van der Waals surface area contributed by atoms with Crippen LogP contribution in [0.3, 0.4) is 0 Å². The molecule has 3 nitrogen and oxygen atoms in total. The van der Waals surface area contributed by atoms with Crippen LogP contribution in [0.2, 0.25) is 0 Å². The van der Waals surface area contributed by atoms with Crippen LogP contribution >= 0.6 is 11.8 Å². The van der Waals surface area contributed by atoms with Gasteiger partial charge in [0.05, 0.1) is 6.61 Å². The summed E-state index contributed by atoms with van der Waals surface area (Å²) in [6, 6.07) is 13.0. The van der Waals surface area contributed by atoms with E-state index in [1.54, 1.807) is 30.8 Å². The van der Waals surface area contributed by atoms with Crippen LogP contribution in [-0.4, -0.2) is 22.9 Å². The fraction of sp³-hybridized carbons (Fsp3) is 0.227. The zero-order valence-corrected chi connectivity index (χ0v) is 16.1. The molecule has 0 radical (unpaired) electrons. The Morgan fingerprint density at radius 1 is 1.26 bits per heavy atom. The van der Waals surface area contributed by atoms with Crippen molar-refractivity contribution in [3.8, 4) is 0 Å². The van der Waals surface area contributed by atoms with E-state index < -0.39 is 0 Å². The molecule has 0 spiro atoms. The SMILES string of the molecule is CCOC(=O)Cn1c(C)c(C2=CCSc3ccccc32)c2cc(F)ccc21. The number of carbonyl (C=O) groups is 1. The standard InChI is InChI=1S/C22H20FNO2S/c1-3-26-21(25)13-24-14(2)22(18-12-15(23)8-9-19(18)24)17-10-11-27-20-7-5-4-6-16(17)20/h4-10,12H,3,11,13H2,1-2H3. The van der Waals surface area contributed by atoms with Crippen molar-refractivity contribution in [2.24, 2.45) is 0 Å². The van der Waals surface area contributed by atoms with E-state index in [-0.39, 0.29) is 18.3 Å². The summed E-state index contributed by atoms with van der Waals surface area (Å²) in [7, 11) is 0. The summed E-state index contributed by atoms with van der Waals surface area (Å²) in [6.45, 7) is 4.23. The average molecular weight is 381 g/mol.